The standard InChI is InChI=1S/C21H26N6O2/c1-13(2)20(28)24-15-7-5-14(6-8-15)16-9-10-17-18(25-16)19(27-21(22)26-17)23-11-4-12-29-3/h5-10,13H,4,11-12H2,1-3H3,(H,24,28)(H3,22,23,26,27). The third kappa shape index (κ3) is 5.17. The molecule has 8 nitrogen and oxygen atoms in total. The molecule has 0 spiro atoms. The van der Waals surface area contributed by atoms with Gasteiger partial charge in [-0.3, -0.25) is 4.79 Å². The van der Waals surface area contributed by atoms with Crippen LogP contribution in [0.25, 0.3) is 22.3 Å². The summed E-state index contributed by atoms with van der Waals surface area (Å²) in [4.78, 5) is 25.2. The molecule has 3 aromatic rings. The molecule has 0 aliphatic rings. The third-order valence-corrected chi connectivity index (χ3v) is 4.35. The number of nitrogens with two attached hydrogens (primary N) is 1. The van der Waals surface area contributed by atoms with E-state index in [2.05, 4.69) is 20.6 Å². The number of methoxy groups -OCH3 is 1. The number of rotatable bonds is 8. The summed E-state index contributed by atoms with van der Waals surface area (Å²) in [7, 11) is 1.67. The first kappa shape index (κ1) is 20.5. The minimum atomic E-state index is -0.0703. The molecule has 2 heterocycles. The Morgan fingerprint density at radius 1 is 1.10 bits per heavy atom. The molecule has 3 rings (SSSR count). The molecule has 152 valence electrons. The van der Waals surface area contributed by atoms with Gasteiger partial charge in [-0.25, -0.2) is 9.97 Å². The van der Waals surface area contributed by atoms with Gasteiger partial charge in [0.1, 0.15) is 5.52 Å². The van der Waals surface area contributed by atoms with E-state index in [4.69, 9.17) is 15.5 Å². The van der Waals surface area contributed by atoms with Crippen LogP contribution in [-0.2, 0) is 9.53 Å². The quantitative estimate of drug-likeness (QED) is 0.502. The number of aromatic nitrogens is 3. The number of benzene rings is 1. The topological polar surface area (TPSA) is 115 Å². The maximum atomic E-state index is 11.8. The van der Waals surface area contributed by atoms with Crippen molar-refractivity contribution in [2.75, 3.05) is 36.6 Å². The molecule has 0 atom stereocenters. The van der Waals surface area contributed by atoms with Crippen molar-refractivity contribution in [2.24, 2.45) is 5.92 Å². The lowest BCUT2D eigenvalue weighted by Gasteiger charge is -2.11. The van der Waals surface area contributed by atoms with Crippen LogP contribution in [0, 0.1) is 5.92 Å². The zero-order chi connectivity index (χ0) is 20.8. The smallest absolute Gasteiger partial charge is 0.226 e. The first-order chi connectivity index (χ1) is 14.0. The number of pyridine rings is 1. The summed E-state index contributed by atoms with van der Waals surface area (Å²) in [6.07, 6.45) is 0.838. The Kier molecular flexibility index (Phi) is 6.56. The van der Waals surface area contributed by atoms with Gasteiger partial charge in [-0.1, -0.05) is 26.0 Å². The van der Waals surface area contributed by atoms with Crippen molar-refractivity contribution in [2.45, 2.75) is 20.3 Å². The normalized spacial score (nSPS) is 11.0. The molecular weight excluding hydrogens is 368 g/mol. The van der Waals surface area contributed by atoms with Crippen LogP contribution in [0.4, 0.5) is 17.5 Å². The molecular formula is C21H26N6O2. The predicted molar refractivity (Wildman–Crippen MR) is 116 cm³/mol. The van der Waals surface area contributed by atoms with Crippen molar-refractivity contribution in [1.29, 1.82) is 0 Å². The number of ether oxygens (including phenoxy) is 1. The maximum Gasteiger partial charge on any atom is 0.226 e. The number of fused-ring (bicyclic) bond motifs is 1. The van der Waals surface area contributed by atoms with Crippen LogP contribution >= 0.6 is 0 Å². The molecule has 0 aliphatic heterocycles. The van der Waals surface area contributed by atoms with Gasteiger partial charge in [0.05, 0.1) is 11.2 Å². The Hall–Kier alpha value is -3.26. The lowest BCUT2D eigenvalue weighted by atomic mass is 10.1. The van der Waals surface area contributed by atoms with Crippen LogP contribution in [0.3, 0.4) is 0 Å². The number of nitrogens with one attached hydrogen (secondary N) is 2. The number of carbonyl (C=O) groups excluding carboxylic acids is 1. The molecule has 4 N–H and O–H groups in total. The molecule has 0 saturated heterocycles. The summed E-state index contributed by atoms with van der Waals surface area (Å²) in [5.41, 5.74) is 9.64. The van der Waals surface area contributed by atoms with Crippen LogP contribution in [-0.4, -0.2) is 41.1 Å². The Morgan fingerprint density at radius 3 is 2.55 bits per heavy atom. The minimum Gasteiger partial charge on any atom is -0.385 e. The molecule has 0 bridgehead atoms. The van der Waals surface area contributed by atoms with Gasteiger partial charge in [0.2, 0.25) is 11.9 Å². The maximum absolute atomic E-state index is 11.8. The van der Waals surface area contributed by atoms with Crippen molar-refractivity contribution >= 4 is 34.4 Å². The van der Waals surface area contributed by atoms with Crippen molar-refractivity contribution in [3.8, 4) is 11.3 Å². The highest BCUT2D eigenvalue weighted by Gasteiger charge is 2.11. The second kappa shape index (κ2) is 9.29. The molecule has 0 radical (unpaired) electrons. The lowest BCUT2D eigenvalue weighted by molar-refractivity contribution is -0.118. The van der Waals surface area contributed by atoms with E-state index in [-0.39, 0.29) is 17.8 Å². The van der Waals surface area contributed by atoms with Crippen LogP contribution in [0.1, 0.15) is 20.3 Å². The first-order valence-corrected chi connectivity index (χ1v) is 9.56. The average Bonchev–Trinajstić information content (AvgIpc) is 2.71. The second-order valence-electron chi connectivity index (χ2n) is 6.99. The Morgan fingerprint density at radius 2 is 1.86 bits per heavy atom. The first-order valence-electron chi connectivity index (χ1n) is 9.56. The summed E-state index contributed by atoms with van der Waals surface area (Å²) in [5.74, 6) is 0.720. The molecule has 8 heteroatoms. The average molecular weight is 394 g/mol. The van der Waals surface area contributed by atoms with Crippen molar-refractivity contribution in [1.82, 2.24) is 15.0 Å². The molecule has 0 fully saturated rings. The molecule has 2 aromatic heterocycles. The van der Waals surface area contributed by atoms with Crippen LogP contribution in [0.15, 0.2) is 36.4 Å². The number of anilines is 3. The van der Waals surface area contributed by atoms with Gasteiger partial charge in [-0.15, -0.1) is 0 Å². The van der Waals surface area contributed by atoms with E-state index >= 15 is 0 Å². The SMILES string of the molecule is COCCCNc1nc(N)nc2ccc(-c3ccc(NC(=O)C(C)C)cc3)nc12. The van der Waals surface area contributed by atoms with Gasteiger partial charge in [0, 0.05) is 37.4 Å². The molecule has 0 saturated carbocycles. The second-order valence-corrected chi connectivity index (χ2v) is 6.99. The fourth-order valence-electron chi connectivity index (χ4n) is 2.75. The van der Waals surface area contributed by atoms with E-state index in [1.54, 1.807) is 7.11 Å². The van der Waals surface area contributed by atoms with Crippen molar-refractivity contribution < 1.29 is 9.53 Å². The predicted octanol–water partition coefficient (Wildman–Crippen LogP) is 3.32. The van der Waals surface area contributed by atoms with E-state index in [0.29, 0.717) is 30.0 Å². The van der Waals surface area contributed by atoms with Crippen molar-refractivity contribution in [3.05, 3.63) is 36.4 Å². The van der Waals surface area contributed by atoms with Gasteiger partial charge in [-0.05, 0) is 30.7 Å². The van der Waals surface area contributed by atoms with Gasteiger partial charge in [-0.2, -0.15) is 4.98 Å². The highest BCUT2D eigenvalue weighted by Crippen LogP contribution is 2.25. The number of carbonyl (C=O) groups is 1. The molecule has 0 aliphatic carbocycles. The number of hydrogen-bond acceptors (Lipinski definition) is 7. The number of nitrogens with zero attached hydrogens (tertiary/aromatic N) is 3. The monoisotopic (exact) mass is 394 g/mol. The van der Waals surface area contributed by atoms with Gasteiger partial charge in [0.15, 0.2) is 5.82 Å². The number of amides is 1. The highest BCUT2D eigenvalue weighted by molar-refractivity contribution is 5.92. The van der Waals surface area contributed by atoms with Crippen LogP contribution in [0.2, 0.25) is 0 Å². The molecule has 1 amide bonds. The fraction of sp³-hybridized carbons (Fsp3) is 0.333. The van der Waals surface area contributed by atoms with E-state index < -0.39 is 0 Å². The molecule has 29 heavy (non-hydrogen) atoms. The van der Waals surface area contributed by atoms with Crippen LogP contribution in [0.5, 0.6) is 0 Å². The highest BCUT2D eigenvalue weighted by atomic mass is 16.5. The number of hydrogen-bond donors (Lipinski definition) is 3. The van der Waals surface area contributed by atoms with E-state index in [1.165, 1.54) is 0 Å². The largest absolute Gasteiger partial charge is 0.385 e. The van der Waals surface area contributed by atoms with Gasteiger partial charge < -0.3 is 21.1 Å². The summed E-state index contributed by atoms with van der Waals surface area (Å²) >= 11 is 0. The van der Waals surface area contributed by atoms with E-state index in [9.17, 15) is 4.79 Å². The summed E-state index contributed by atoms with van der Waals surface area (Å²) < 4.78 is 5.08. The van der Waals surface area contributed by atoms with Crippen molar-refractivity contribution in [3.63, 3.8) is 0 Å². The molecule has 0 unspecified atom stereocenters. The van der Waals surface area contributed by atoms with E-state index in [1.807, 2.05) is 50.2 Å². The number of nitrogen functional groups attached to an aromatic ring is 1. The van der Waals surface area contributed by atoms with E-state index in [0.717, 1.165) is 23.4 Å². The fourth-order valence-corrected chi connectivity index (χ4v) is 2.75. The van der Waals surface area contributed by atoms with Crippen LogP contribution < -0.4 is 16.4 Å². The summed E-state index contributed by atoms with van der Waals surface area (Å²) in [6.45, 7) is 5.07. The van der Waals surface area contributed by atoms with Gasteiger partial charge in [0.25, 0.3) is 0 Å². The lowest BCUT2D eigenvalue weighted by Crippen LogP contribution is -2.17. The molecule has 1 aromatic carbocycles. The van der Waals surface area contributed by atoms with Gasteiger partial charge >= 0.3 is 0 Å². The Bertz CT molecular complexity index is 988. The third-order valence-electron chi connectivity index (χ3n) is 4.35. The Balaban J connectivity index is 1.86. The zero-order valence-corrected chi connectivity index (χ0v) is 16.9. The minimum absolute atomic E-state index is 0.0134. The zero-order valence-electron chi connectivity index (χ0n) is 16.9. The summed E-state index contributed by atoms with van der Waals surface area (Å²) in [6, 6.07) is 11.4. The summed E-state index contributed by atoms with van der Waals surface area (Å²) in [5, 5.41) is 6.15. The Labute approximate surface area is 169 Å².